The third kappa shape index (κ3) is 3.15. The molecule has 0 bridgehead atoms. The fourth-order valence-corrected chi connectivity index (χ4v) is 2.00. The average molecular weight is 260 g/mol. The number of nitrogens with two attached hydrogens (primary N) is 1. The van der Waals surface area contributed by atoms with Gasteiger partial charge in [-0.15, -0.1) is 0 Å². The Morgan fingerprint density at radius 3 is 2.74 bits per heavy atom. The molecular weight excluding hydrogens is 240 g/mol. The number of aromatic nitrogens is 1. The van der Waals surface area contributed by atoms with E-state index >= 15 is 0 Å². The molecule has 0 fully saturated rings. The van der Waals surface area contributed by atoms with Gasteiger partial charge in [-0.2, -0.15) is 0 Å². The summed E-state index contributed by atoms with van der Waals surface area (Å²) in [5.74, 6) is -0.297. The molecule has 19 heavy (non-hydrogen) atoms. The highest BCUT2D eigenvalue weighted by Gasteiger charge is 2.18. The molecule has 102 valence electrons. The number of ether oxygens (including phenoxy) is 1. The molecule has 0 aliphatic carbocycles. The van der Waals surface area contributed by atoms with Crippen LogP contribution in [-0.4, -0.2) is 23.1 Å². The average Bonchev–Trinajstić information content (AvgIpc) is 2.70. The summed E-state index contributed by atoms with van der Waals surface area (Å²) in [7, 11) is 0. The molecule has 2 rings (SSSR count). The van der Waals surface area contributed by atoms with Crippen LogP contribution in [0, 0.1) is 0 Å². The standard InChI is InChI=1S/C15H20N2O2/c1-15(2,3)19-14(18)10-4-5-13-12(8-10)11(6-7-16)9-17-13/h4-5,8-9,17H,6-7,16H2,1-3H3. The first-order chi connectivity index (χ1) is 8.90. The fraction of sp³-hybridized carbons (Fsp3) is 0.400. The second-order valence-electron chi connectivity index (χ2n) is 5.61. The van der Waals surface area contributed by atoms with Crippen molar-refractivity contribution in [3.63, 3.8) is 0 Å². The van der Waals surface area contributed by atoms with E-state index in [0.29, 0.717) is 12.1 Å². The lowest BCUT2D eigenvalue weighted by Gasteiger charge is -2.19. The van der Waals surface area contributed by atoms with Crippen molar-refractivity contribution in [2.45, 2.75) is 32.8 Å². The van der Waals surface area contributed by atoms with Gasteiger partial charge in [0.05, 0.1) is 5.56 Å². The Bertz CT molecular complexity index is 594. The van der Waals surface area contributed by atoms with E-state index in [2.05, 4.69) is 4.98 Å². The minimum Gasteiger partial charge on any atom is -0.456 e. The molecule has 1 aromatic heterocycles. The fourth-order valence-electron chi connectivity index (χ4n) is 2.00. The maximum Gasteiger partial charge on any atom is 0.338 e. The summed E-state index contributed by atoms with van der Waals surface area (Å²) in [6.07, 6.45) is 2.73. The molecule has 4 heteroatoms. The van der Waals surface area contributed by atoms with Crippen molar-refractivity contribution in [3.05, 3.63) is 35.5 Å². The molecule has 0 aliphatic heterocycles. The van der Waals surface area contributed by atoms with Crippen LogP contribution in [0.1, 0.15) is 36.7 Å². The summed E-state index contributed by atoms with van der Waals surface area (Å²) in [6.45, 7) is 6.17. The van der Waals surface area contributed by atoms with Gasteiger partial charge in [0.15, 0.2) is 0 Å². The maximum absolute atomic E-state index is 12.0. The number of nitrogens with one attached hydrogen (secondary N) is 1. The Hall–Kier alpha value is -1.81. The number of carbonyl (C=O) groups excluding carboxylic acids is 1. The molecule has 0 spiro atoms. The second-order valence-corrected chi connectivity index (χ2v) is 5.61. The van der Waals surface area contributed by atoms with Gasteiger partial charge in [-0.1, -0.05) is 0 Å². The quantitative estimate of drug-likeness (QED) is 0.833. The number of carbonyl (C=O) groups is 1. The lowest BCUT2D eigenvalue weighted by Crippen LogP contribution is -2.23. The Morgan fingerprint density at radius 2 is 2.11 bits per heavy atom. The van der Waals surface area contributed by atoms with E-state index in [0.717, 1.165) is 22.9 Å². The first-order valence-corrected chi connectivity index (χ1v) is 6.44. The van der Waals surface area contributed by atoms with Crippen molar-refractivity contribution in [1.29, 1.82) is 0 Å². The predicted molar refractivity (Wildman–Crippen MR) is 76.2 cm³/mol. The minimum absolute atomic E-state index is 0.297. The Kier molecular flexibility index (Phi) is 3.62. The van der Waals surface area contributed by atoms with E-state index in [1.807, 2.05) is 39.1 Å². The van der Waals surface area contributed by atoms with E-state index in [1.165, 1.54) is 0 Å². The number of benzene rings is 1. The largest absolute Gasteiger partial charge is 0.456 e. The molecule has 0 amide bonds. The highest BCUT2D eigenvalue weighted by molar-refractivity contribution is 5.95. The normalized spacial score (nSPS) is 11.8. The van der Waals surface area contributed by atoms with Crippen LogP contribution >= 0.6 is 0 Å². The van der Waals surface area contributed by atoms with Gasteiger partial charge in [-0.25, -0.2) is 4.79 Å². The number of aromatic amines is 1. The molecule has 0 saturated carbocycles. The molecule has 2 aromatic rings. The second kappa shape index (κ2) is 5.05. The van der Waals surface area contributed by atoms with Gasteiger partial charge in [0.25, 0.3) is 0 Å². The van der Waals surface area contributed by atoms with Crippen LogP contribution in [0.3, 0.4) is 0 Å². The van der Waals surface area contributed by atoms with E-state index in [9.17, 15) is 4.79 Å². The molecule has 4 nitrogen and oxygen atoms in total. The summed E-state index contributed by atoms with van der Waals surface area (Å²) < 4.78 is 5.38. The van der Waals surface area contributed by atoms with Crippen molar-refractivity contribution >= 4 is 16.9 Å². The molecule has 0 unspecified atom stereocenters. The van der Waals surface area contributed by atoms with Crippen molar-refractivity contribution < 1.29 is 9.53 Å². The summed E-state index contributed by atoms with van der Waals surface area (Å²) in [5.41, 5.74) is 7.81. The SMILES string of the molecule is CC(C)(C)OC(=O)c1ccc2[nH]cc(CCN)c2c1. The van der Waals surface area contributed by atoms with Gasteiger partial charge in [0, 0.05) is 17.1 Å². The van der Waals surface area contributed by atoms with Crippen LogP contribution in [0.25, 0.3) is 10.9 Å². The zero-order valence-corrected chi connectivity index (χ0v) is 11.6. The van der Waals surface area contributed by atoms with Gasteiger partial charge < -0.3 is 15.5 Å². The van der Waals surface area contributed by atoms with E-state index in [4.69, 9.17) is 10.5 Å². The lowest BCUT2D eigenvalue weighted by molar-refractivity contribution is 0.00697. The lowest BCUT2D eigenvalue weighted by atomic mass is 10.1. The van der Waals surface area contributed by atoms with Crippen LogP contribution in [0.5, 0.6) is 0 Å². The van der Waals surface area contributed by atoms with Crippen molar-refractivity contribution in [2.24, 2.45) is 5.73 Å². The van der Waals surface area contributed by atoms with Crippen LogP contribution in [-0.2, 0) is 11.2 Å². The summed E-state index contributed by atoms with van der Waals surface area (Å²) >= 11 is 0. The zero-order chi connectivity index (χ0) is 14.0. The van der Waals surface area contributed by atoms with E-state index < -0.39 is 5.60 Å². The highest BCUT2D eigenvalue weighted by atomic mass is 16.6. The highest BCUT2D eigenvalue weighted by Crippen LogP contribution is 2.21. The number of fused-ring (bicyclic) bond motifs is 1. The third-order valence-electron chi connectivity index (χ3n) is 2.82. The minimum atomic E-state index is -0.482. The molecule has 0 radical (unpaired) electrons. The predicted octanol–water partition coefficient (Wildman–Crippen LogP) is 2.62. The zero-order valence-electron chi connectivity index (χ0n) is 11.6. The number of hydrogen-bond donors (Lipinski definition) is 2. The van der Waals surface area contributed by atoms with Gasteiger partial charge in [-0.3, -0.25) is 0 Å². The first-order valence-electron chi connectivity index (χ1n) is 6.44. The summed E-state index contributed by atoms with van der Waals surface area (Å²) in [6, 6.07) is 5.54. The third-order valence-corrected chi connectivity index (χ3v) is 2.82. The monoisotopic (exact) mass is 260 g/mol. The molecular formula is C15H20N2O2. The molecule has 1 heterocycles. The topological polar surface area (TPSA) is 68.1 Å². The number of H-pyrrole nitrogens is 1. The Labute approximate surface area is 112 Å². The Morgan fingerprint density at radius 1 is 1.37 bits per heavy atom. The molecule has 3 N–H and O–H groups in total. The smallest absolute Gasteiger partial charge is 0.338 e. The van der Waals surface area contributed by atoms with Gasteiger partial charge >= 0.3 is 5.97 Å². The van der Waals surface area contributed by atoms with Crippen LogP contribution in [0.2, 0.25) is 0 Å². The molecule has 0 atom stereocenters. The van der Waals surface area contributed by atoms with Crippen LogP contribution < -0.4 is 5.73 Å². The van der Waals surface area contributed by atoms with Crippen LogP contribution in [0.15, 0.2) is 24.4 Å². The van der Waals surface area contributed by atoms with Gasteiger partial charge in [-0.05, 0) is 57.5 Å². The number of hydrogen-bond acceptors (Lipinski definition) is 3. The Balaban J connectivity index is 2.34. The molecule has 1 aromatic carbocycles. The van der Waals surface area contributed by atoms with Gasteiger partial charge in [0.1, 0.15) is 5.60 Å². The first kappa shape index (κ1) is 13.6. The van der Waals surface area contributed by atoms with Crippen LogP contribution in [0.4, 0.5) is 0 Å². The number of esters is 1. The molecule has 0 aliphatic rings. The molecule has 0 saturated heterocycles. The summed E-state index contributed by atoms with van der Waals surface area (Å²) in [4.78, 5) is 15.2. The van der Waals surface area contributed by atoms with Crippen molar-refractivity contribution in [2.75, 3.05) is 6.54 Å². The van der Waals surface area contributed by atoms with Crippen molar-refractivity contribution in [3.8, 4) is 0 Å². The van der Waals surface area contributed by atoms with Crippen molar-refractivity contribution in [1.82, 2.24) is 4.98 Å². The van der Waals surface area contributed by atoms with Gasteiger partial charge in [0.2, 0.25) is 0 Å². The van der Waals surface area contributed by atoms with E-state index in [1.54, 1.807) is 6.07 Å². The van der Waals surface area contributed by atoms with E-state index in [-0.39, 0.29) is 5.97 Å². The maximum atomic E-state index is 12.0. The number of rotatable bonds is 3. The summed E-state index contributed by atoms with van der Waals surface area (Å²) in [5, 5.41) is 1.04.